The Hall–Kier alpha value is -1.72. The molecule has 3 rings (SSSR count). The van der Waals surface area contributed by atoms with Gasteiger partial charge in [-0.05, 0) is 12.1 Å². The van der Waals surface area contributed by atoms with Gasteiger partial charge in [-0.3, -0.25) is 0 Å². The van der Waals surface area contributed by atoms with Crippen molar-refractivity contribution >= 4 is 11.6 Å². The number of nitrogens with one attached hydrogen (secondary N) is 1. The molecule has 1 aromatic heterocycles. The van der Waals surface area contributed by atoms with E-state index in [9.17, 15) is 0 Å². The van der Waals surface area contributed by atoms with E-state index in [4.69, 9.17) is 26.2 Å². The molecule has 0 atom stereocenters. The SMILES string of the molecule is OCc1cnc(-c2cc(Cl)c3c(c2)OCCO3)[nH]1. The number of nitrogens with zero attached hydrogens (tertiary/aromatic N) is 1. The number of aliphatic hydroxyl groups is 1. The molecular formula is C12H11ClN2O3. The van der Waals surface area contributed by atoms with Gasteiger partial charge in [-0.1, -0.05) is 11.6 Å². The third-order valence-corrected chi connectivity index (χ3v) is 2.95. The van der Waals surface area contributed by atoms with Crippen molar-refractivity contribution in [3.05, 3.63) is 29.0 Å². The minimum atomic E-state index is -0.0781. The number of imidazole rings is 1. The van der Waals surface area contributed by atoms with Gasteiger partial charge in [-0.25, -0.2) is 4.98 Å². The lowest BCUT2D eigenvalue weighted by atomic mass is 10.2. The van der Waals surface area contributed by atoms with Gasteiger partial charge in [0, 0.05) is 5.56 Å². The number of aliphatic hydroxyl groups excluding tert-OH is 1. The van der Waals surface area contributed by atoms with E-state index in [2.05, 4.69) is 9.97 Å². The summed E-state index contributed by atoms with van der Waals surface area (Å²) >= 11 is 6.14. The monoisotopic (exact) mass is 266 g/mol. The van der Waals surface area contributed by atoms with Crippen LogP contribution in [-0.2, 0) is 6.61 Å². The number of benzene rings is 1. The Morgan fingerprint density at radius 2 is 2.17 bits per heavy atom. The summed E-state index contributed by atoms with van der Waals surface area (Å²) < 4.78 is 10.9. The first-order chi connectivity index (χ1) is 8.78. The molecule has 2 aromatic rings. The van der Waals surface area contributed by atoms with Crippen LogP contribution in [0.5, 0.6) is 11.5 Å². The predicted octanol–water partition coefficient (Wildman–Crippen LogP) is 1.99. The van der Waals surface area contributed by atoms with E-state index >= 15 is 0 Å². The topological polar surface area (TPSA) is 67.4 Å². The number of ether oxygens (including phenoxy) is 2. The number of fused-ring (bicyclic) bond motifs is 1. The van der Waals surface area contributed by atoms with Gasteiger partial charge in [0.2, 0.25) is 0 Å². The highest BCUT2D eigenvalue weighted by atomic mass is 35.5. The molecule has 0 spiro atoms. The molecule has 0 fully saturated rings. The van der Waals surface area contributed by atoms with Crippen LogP contribution in [0.4, 0.5) is 0 Å². The molecule has 94 valence electrons. The summed E-state index contributed by atoms with van der Waals surface area (Å²) in [6.45, 7) is 0.930. The van der Waals surface area contributed by atoms with Crippen molar-refractivity contribution in [1.82, 2.24) is 9.97 Å². The average molecular weight is 267 g/mol. The molecule has 18 heavy (non-hydrogen) atoms. The molecule has 2 heterocycles. The van der Waals surface area contributed by atoms with Crippen molar-refractivity contribution in [2.45, 2.75) is 6.61 Å². The molecule has 5 nitrogen and oxygen atoms in total. The summed E-state index contributed by atoms with van der Waals surface area (Å²) in [4.78, 5) is 7.17. The van der Waals surface area contributed by atoms with Gasteiger partial charge in [0.15, 0.2) is 11.5 Å². The molecular weight excluding hydrogens is 256 g/mol. The lowest BCUT2D eigenvalue weighted by molar-refractivity contribution is 0.172. The highest BCUT2D eigenvalue weighted by Crippen LogP contribution is 2.40. The Bertz CT molecular complexity index is 583. The van der Waals surface area contributed by atoms with Crippen LogP contribution in [-0.4, -0.2) is 28.3 Å². The normalized spacial score (nSPS) is 13.7. The van der Waals surface area contributed by atoms with Crippen molar-refractivity contribution in [2.75, 3.05) is 13.2 Å². The van der Waals surface area contributed by atoms with Crippen LogP contribution in [0.25, 0.3) is 11.4 Å². The maximum absolute atomic E-state index is 9.00. The van der Waals surface area contributed by atoms with Gasteiger partial charge in [0.25, 0.3) is 0 Å². The Balaban J connectivity index is 2.04. The average Bonchev–Trinajstić information content (AvgIpc) is 2.87. The molecule has 0 radical (unpaired) electrons. The van der Waals surface area contributed by atoms with E-state index in [-0.39, 0.29) is 6.61 Å². The zero-order valence-electron chi connectivity index (χ0n) is 9.44. The third-order valence-electron chi connectivity index (χ3n) is 2.67. The third kappa shape index (κ3) is 1.91. The largest absolute Gasteiger partial charge is 0.486 e. The van der Waals surface area contributed by atoms with Crippen LogP contribution in [0.15, 0.2) is 18.3 Å². The molecule has 0 unspecified atom stereocenters. The number of rotatable bonds is 2. The summed E-state index contributed by atoms with van der Waals surface area (Å²) in [5.74, 6) is 1.82. The Labute approximate surface area is 108 Å². The number of aromatic amines is 1. The van der Waals surface area contributed by atoms with Crippen molar-refractivity contribution < 1.29 is 14.6 Å². The van der Waals surface area contributed by atoms with Gasteiger partial charge in [-0.2, -0.15) is 0 Å². The van der Waals surface area contributed by atoms with E-state index in [1.165, 1.54) is 0 Å². The van der Waals surface area contributed by atoms with Crippen molar-refractivity contribution in [2.24, 2.45) is 0 Å². The smallest absolute Gasteiger partial charge is 0.179 e. The molecule has 0 saturated heterocycles. The molecule has 0 bridgehead atoms. The maximum Gasteiger partial charge on any atom is 0.179 e. The van der Waals surface area contributed by atoms with Gasteiger partial charge in [-0.15, -0.1) is 0 Å². The molecule has 0 amide bonds. The lowest BCUT2D eigenvalue weighted by Gasteiger charge is -2.19. The van der Waals surface area contributed by atoms with E-state index in [0.717, 1.165) is 5.56 Å². The van der Waals surface area contributed by atoms with E-state index in [1.807, 2.05) is 6.07 Å². The van der Waals surface area contributed by atoms with Gasteiger partial charge in [0.05, 0.1) is 23.5 Å². The zero-order chi connectivity index (χ0) is 12.5. The molecule has 1 aliphatic heterocycles. The first-order valence-electron chi connectivity index (χ1n) is 5.52. The summed E-state index contributed by atoms with van der Waals surface area (Å²) in [6, 6.07) is 3.58. The van der Waals surface area contributed by atoms with Gasteiger partial charge in [0.1, 0.15) is 19.0 Å². The fourth-order valence-electron chi connectivity index (χ4n) is 1.83. The first kappa shape index (κ1) is 11.4. The minimum Gasteiger partial charge on any atom is -0.486 e. The van der Waals surface area contributed by atoms with Crippen LogP contribution < -0.4 is 9.47 Å². The van der Waals surface area contributed by atoms with Crippen LogP contribution in [0.2, 0.25) is 5.02 Å². The second-order valence-electron chi connectivity index (χ2n) is 3.90. The fourth-order valence-corrected chi connectivity index (χ4v) is 2.10. The first-order valence-corrected chi connectivity index (χ1v) is 5.90. The summed E-state index contributed by atoms with van der Waals surface area (Å²) in [6.07, 6.45) is 1.58. The maximum atomic E-state index is 9.00. The Morgan fingerprint density at radius 1 is 1.33 bits per heavy atom. The van der Waals surface area contributed by atoms with Gasteiger partial charge < -0.3 is 19.6 Å². The Kier molecular flexibility index (Phi) is 2.85. The van der Waals surface area contributed by atoms with E-state index in [0.29, 0.717) is 41.3 Å². The zero-order valence-corrected chi connectivity index (χ0v) is 10.2. The van der Waals surface area contributed by atoms with Crippen LogP contribution >= 0.6 is 11.6 Å². The molecule has 1 aromatic carbocycles. The molecule has 1 aliphatic rings. The van der Waals surface area contributed by atoms with Gasteiger partial charge >= 0.3 is 0 Å². The van der Waals surface area contributed by atoms with Crippen LogP contribution in [0.3, 0.4) is 0 Å². The lowest BCUT2D eigenvalue weighted by Crippen LogP contribution is -2.15. The van der Waals surface area contributed by atoms with Crippen molar-refractivity contribution in [1.29, 1.82) is 0 Å². The number of aromatic nitrogens is 2. The Morgan fingerprint density at radius 3 is 2.94 bits per heavy atom. The van der Waals surface area contributed by atoms with Crippen molar-refractivity contribution in [3.63, 3.8) is 0 Å². The number of H-pyrrole nitrogens is 1. The fraction of sp³-hybridized carbons (Fsp3) is 0.250. The summed E-state index contributed by atoms with van der Waals surface area (Å²) in [5, 5.41) is 9.49. The predicted molar refractivity (Wildman–Crippen MR) is 65.9 cm³/mol. The van der Waals surface area contributed by atoms with E-state index < -0.39 is 0 Å². The van der Waals surface area contributed by atoms with Crippen LogP contribution in [0, 0.1) is 0 Å². The highest BCUT2D eigenvalue weighted by Gasteiger charge is 2.18. The standard InChI is InChI=1S/C12H11ClN2O3/c13-9-3-7(12-14-5-8(6-16)15-12)4-10-11(9)18-2-1-17-10/h3-5,16H,1-2,6H2,(H,14,15). The number of hydrogen-bond acceptors (Lipinski definition) is 4. The second-order valence-corrected chi connectivity index (χ2v) is 4.30. The summed E-state index contributed by atoms with van der Waals surface area (Å²) in [7, 11) is 0. The number of hydrogen-bond donors (Lipinski definition) is 2. The van der Waals surface area contributed by atoms with E-state index in [1.54, 1.807) is 12.3 Å². The minimum absolute atomic E-state index is 0.0781. The van der Waals surface area contributed by atoms with Crippen LogP contribution in [0.1, 0.15) is 5.69 Å². The molecule has 6 heteroatoms. The second kappa shape index (κ2) is 4.51. The number of halogens is 1. The summed E-state index contributed by atoms with van der Waals surface area (Å²) in [5.41, 5.74) is 1.44. The highest BCUT2D eigenvalue weighted by molar-refractivity contribution is 6.32. The molecule has 0 saturated carbocycles. The quantitative estimate of drug-likeness (QED) is 0.872. The molecule has 0 aliphatic carbocycles. The van der Waals surface area contributed by atoms with Crippen molar-refractivity contribution in [3.8, 4) is 22.9 Å². The molecule has 2 N–H and O–H groups in total.